The molecule has 0 radical (unpaired) electrons. The molecule has 5 rings (SSSR count). The van der Waals surface area contributed by atoms with Crippen molar-refractivity contribution < 1.29 is 19.3 Å². The zero-order chi connectivity index (χ0) is 29.2. The lowest BCUT2D eigenvalue weighted by molar-refractivity contribution is -0.385. The van der Waals surface area contributed by atoms with E-state index in [1.165, 1.54) is 0 Å². The Bertz CT molecular complexity index is 1310. The highest BCUT2D eigenvalue weighted by Gasteiger charge is 2.38. The number of pyridine rings is 2. The normalized spacial score (nSPS) is 18.9. The van der Waals surface area contributed by atoms with E-state index < -0.39 is 15.6 Å². The second kappa shape index (κ2) is 12.3. The van der Waals surface area contributed by atoms with Crippen LogP contribution in [0.15, 0.2) is 0 Å². The van der Waals surface area contributed by atoms with E-state index in [4.69, 9.17) is 44.3 Å². The van der Waals surface area contributed by atoms with Gasteiger partial charge in [-0.25, -0.2) is 9.97 Å². The van der Waals surface area contributed by atoms with Crippen molar-refractivity contribution in [2.45, 2.75) is 77.9 Å². The monoisotopic (exact) mass is 615 g/mol. The van der Waals surface area contributed by atoms with Gasteiger partial charge in [0.15, 0.2) is 5.79 Å². The Kier molecular flexibility index (Phi) is 9.41. The van der Waals surface area contributed by atoms with Crippen molar-refractivity contribution in [2.75, 3.05) is 25.1 Å². The molecule has 0 amide bonds. The summed E-state index contributed by atoms with van der Waals surface area (Å²) in [6.45, 7) is 7.32. The summed E-state index contributed by atoms with van der Waals surface area (Å²) < 4.78 is 11.5. The minimum Gasteiger partial charge on any atom is -0.378 e. The Morgan fingerprint density at radius 1 is 0.800 bits per heavy atom. The smallest absolute Gasteiger partial charge is 0.329 e. The second-order valence-electron chi connectivity index (χ2n) is 11.1. The van der Waals surface area contributed by atoms with Crippen LogP contribution in [0.4, 0.5) is 17.1 Å². The van der Waals surface area contributed by atoms with Crippen LogP contribution in [-0.2, 0) is 35.2 Å². The number of halogens is 3. The van der Waals surface area contributed by atoms with Gasteiger partial charge in [0, 0.05) is 28.9 Å². The number of ether oxygens (including phenoxy) is 2. The van der Waals surface area contributed by atoms with E-state index in [2.05, 4.69) is 15.3 Å². The molecule has 1 N–H and O–H groups in total. The fourth-order valence-corrected chi connectivity index (χ4v) is 5.99. The van der Waals surface area contributed by atoms with Crippen LogP contribution in [0.2, 0.25) is 15.3 Å². The minimum absolute atomic E-state index is 0.0458. The molecule has 0 atom stereocenters. The fourth-order valence-electron chi connectivity index (χ4n) is 5.05. The van der Waals surface area contributed by atoms with Crippen LogP contribution < -0.4 is 5.32 Å². The lowest BCUT2D eigenvalue weighted by Gasteiger charge is -2.41. The van der Waals surface area contributed by atoms with E-state index in [1.807, 2.05) is 20.8 Å². The molecular weight excluding hydrogens is 585 g/mol. The fraction of sp³-hybridized carbons (Fsp3) is 0.615. The number of aryl methyl sites for hydroxylation is 2. The first kappa shape index (κ1) is 30.6. The second-order valence-corrected chi connectivity index (χ2v) is 12.2. The van der Waals surface area contributed by atoms with Crippen LogP contribution >= 0.6 is 34.8 Å². The topological polar surface area (TPSA) is 143 Å². The molecule has 0 unspecified atom stereocenters. The Morgan fingerprint density at radius 2 is 1.27 bits per heavy atom. The number of anilines is 1. The number of nitrogens with zero attached hydrogens (tertiary/aromatic N) is 4. The zero-order valence-corrected chi connectivity index (χ0v) is 24.9. The van der Waals surface area contributed by atoms with Gasteiger partial charge in [0.05, 0.1) is 23.1 Å². The summed E-state index contributed by atoms with van der Waals surface area (Å²) in [5.41, 5.74) is 3.21. The largest absolute Gasteiger partial charge is 0.378 e. The molecule has 1 aliphatic heterocycles. The summed E-state index contributed by atoms with van der Waals surface area (Å²) in [6.07, 6.45) is 7.18. The highest BCUT2D eigenvalue weighted by molar-refractivity contribution is 6.38. The number of hydrogen-bond acceptors (Lipinski definition) is 9. The Hall–Kier alpha value is -2.31. The third kappa shape index (κ3) is 6.76. The predicted octanol–water partition coefficient (Wildman–Crippen LogP) is 6.90. The molecule has 2 aliphatic carbocycles. The summed E-state index contributed by atoms with van der Waals surface area (Å²) in [5, 5.41) is 25.5. The molecule has 0 bridgehead atoms. The predicted molar refractivity (Wildman–Crippen MR) is 153 cm³/mol. The average Bonchev–Trinajstić information content (AvgIpc) is 2.89. The standard InChI is InChI=1S/C17H24ClN3O4.C9H8Cl2N2O2/c1-16(2)24-9-17(3,10-25-16)8-19-13-11-6-4-5-7-12(11)20-15(18)14(13)21(22)23;10-7-5-3-1-2-4-6(5)12-9(11)8(7)13(14)15/h4-10H2,1-3H3,(H,19,20);1-4H2. The molecule has 1 fully saturated rings. The van der Waals surface area contributed by atoms with E-state index in [0.717, 1.165) is 73.9 Å². The van der Waals surface area contributed by atoms with Crippen LogP contribution in [0.1, 0.15) is 69.0 Å². The van der Waals surface area contributed by atoms with E-state index in [0.29, 0.717) is 25.4 Å². The van der Waals surface area contributed by atoms with Crippen molar-refractivity contribution in [1.82, 2.24) is 9.97 Å². The highest BCUT2D eigenvalue weighted by Crippen LogP contribution is 2.40. The van der Waals surface area contributed by atoms with E-state index in [-0.39, 0.29) is 32.1 Å². The van der Waals surface area contributed by atoms with Crippen LogP contribution in [0.5, 0.6) is 0 Å². The average molecular weight is 617 g/mol. The van der Waals surface area contributed by atoms with E-state index in [9.17, 15) is 20.2 Å². The lowest BCUT2D eigenvalue weighted by Crippen LogP contribution is -2.48. The third-order valence-electron chi connectivity index (χ3n) is 7.34. The van der Waals surface area contributed by atoms with Gasteiger partial charge in [-0.3, -0.25) is 20.2 Å². The van der Waals surface area contributed by atoms with Gasteiger partial charge in [-0.15, -0.1) is 0 Å². The number of rotatable bonds is 5. The van der Waals surface area contributed by atoms with Crippen molar-refractivity contribution in [3.05, 3.63) is 58.1 Å². The Labute approximate surface area is 247 Å². The van der Waals surface area contributed by atoms with Gasteiger partial charge in [-0.2, -0.15) is 0 Å². The molecule has 3 heterocycles. The third-order valence-corrected chi connectivity index (χ3v) is 8.27. The zero-order valence-electron chi connectivity index (χ0n) is 22.7. The van der Waals surface area contributed by atoms with Crippen LogP contribution in [0, 0.1) is 25.6 Å². The van der Waals surface area contributed by atoms with Gasteiger partial charge in [0.25, 0.3) is 0 Å². The molecule has 3 aliphatic rings. The first-order valence-electron chi connectivity index (χ1n) is 13.2. The van der Waals surface area contributed by atoms with Crippen molar-refractivity contribution in [3.8, 4) is 0 Å². The molecule has 2 aromatic heterocycles. The lowest BCUT2D eigenvalue weighted by atomic mass is 9.90. The van der Waals surface area contributed by atoms with Gasteiger partial charge in [-0.05, 0) is 70.8 Å². The first-order valence-corrected chi connectivity index (χ1v) is 14.3. The summed E-state index contributed by atoms with van der Waals surface area (Å²) >= 11 is 17.8. The number of nitrogens with one attached hydrogen (secondary N) is 1. The molecule has 14 heteroatoms. The SMILES string of the molecule is CC1(CNc2c3c(nc(Cl)c2[N+](=O)[O-])CCCC3)COC(C)(C)OC1.O=[N+]([O-])c1c(Cl)nc2c(c1Cl)CCCC2. The van der Waals surface area contributed by atoms with Gasteiger partial charge < -0.3 is 14.8 Å². The van der Waals surface area contributed by atoms with Crippen molar-refractivity contribution in [3.63, 3.8) is 0 Å². The molecule has 0 spiro atoms. The van der Waals surface area contributed by atoms with Crippen LogP contribution in [0.25, 0.3) is 0 Å². The highest BCUT2D eigenvalue weighted by atomic mass is 35.5. The number of aromatic nitrogens is 2. The summed E-state index contributed by atoms with van der Waals surface area (Å²) in [7, 11) is 0. The maximum atomic E-state index is 11.5. The quantitative estimate of drug-likeness (QED) is 0.216. The van der Waals surface area contributed by atoms with Gasteiger partial charge in [0.2, 0.25) is 10.3 Å². The van der Waals surface area contributed by atoms with Crippen molar-refractivity contribution in [1.29, 1.82) is 0 Å². The molecule has 218 valence electrons. The molecule has 40 heavy (non-hydrogen) atoms. The van der Waals surface area contributed by atoms with Crippen LogP contribution in [0.3, 0.4) is 0 Å². The summed E-state index contributed by atoms with van der Waals surface area (Å²) in [6, 6.07) is 0. The molecule has 2 aromatic rings. The molecular formula is C26H32Cl3N5O6. The van der Waals surface area contributed by atoms with Gasteiger partial charge in [0.1, 0.15) is 10.7 Å². The number of nitro groups is 2. The maximum Gasteiger partial charge on any atom is 0.329 e. The Balaban J connectivity index is 0.000000210. The summed E-state index contributed by atoms with van der Waals surface area (Å²) in [5.74, 6) is -0.593. The van der Waals surface area contributed by atoms with Crippen molar-refractivity contribution >= 4 is 51.9 Å². The number of fused-ring (bicyclic) bond motifs is 2. The minimum atomic E-state index is -0.593. The maximum absolute atomic E-state index is 11.5. The Morgan fingerprint density at radius 3 is 1.82 bits per heavy atom. The molecule has 1 saturated heterocycles. The van der Waals surface area contributed by atoms with Gasteiger partial charge in [-0.1, -0.05) is 41.7 Å². The van der Waals surface area contributed by atoms with Gasteiger partial charge >= 0.3 is 11.4 Å². The van der Waals surface area contributed by atoms with Crippen molar-refractivity contribution in [2.24, 2.45) is 5.41 Å². The summed E-state index contributed by atoms with van der Waals surface area (Å²) in [4.78, 5) is 29.5. The molecule has 11 nitrogen and oxygen atoms in total. The van der Waals surface area contributed by atoms with E-state index >= 15 is 0 Å². The molecule has 0 saturated carbocycles. The van der Waals surface area contributed by atoms with E-state index in [1.54, 1.807) is 0 Å². The first-order chi connectivity index (χ1) is 18.8. The molecule has 0 aromatic carbocycles. The van der Waals surface area contributed by atoms with Crippen LogP contribution in [-0.4, -0.2) is 45.4 Å². The number of hydrogen-bond donors (Lipinski definition) is 1.